The predicted octanol–water partition coefficient (Wildman–Crippen LogP) is 4.66. The number of thiocarbonyl (C=S) groups is 1. The first-order valence-electron chi connectivity index (χ1n) is 7.28. The van der Waals surface area contributed by atoms with Crippen molar-refractivity contribution in [2.75, 3.05) is 4.90 Å². The molecule has 1 atom stereocenters. The fourth-order valence-electron chi connectivity index (χ4n) is 3.06. The third kappa shape index (κ3) is 2.16. The van der Waals surface area contributed by atoms with Gasteiger partial charge in [0.1, 0.15) is 0 Å². The minimum atomic E-state index is -0.602. The first kappa shape index (κ1) is 13.8. The highest BCUT2D eigenvalue weighted by Crippen LogP contribution is 2.42. The van der Waals surface area contributed by atoms with Gasteiger partial charge in [-0.2, -0.15) is 0 Å². The molecule has 0 fully saturated rings. The van der Waals surface area contributed by atoms with E-state index in [1.165, 1.54) is 0 Å². The number of aliphatic imine (C=N–C) groups is 1. The Hall–Kier alpha value is -2.81. The molecule has 0 saturated heterocycles. The van der Waals surface area contributed by atoms with Gasteiger partial charge in [0.05, 0.1) is 10.8 Å². The number of para-hydroxylation sites is 1. The molecule has 0 spiro atoms. The molecule has 1 heterocycles. The lowest BCUT2D eigenvalue weighted by Crippen LogP contribution is -2.23. The average molecular weight is 316 g/mol. The van der Waals surface area contributed by atoms with E-state index in [-0.39, 0.29) is 5.91 Å². The standard InChI is InChI=1S/C19H12N2OS/c22-19-18(20-12-23)16-7-3-4-8-17(16)21(19)15-10-9-13-5-1-2-6-14(13)11-15/h1-11,18H. The number of carbonyl (C=O) groups is 1. The largest absolute Gasteiger partial charge is 0.278 e. The molecule has 1 aliphatic heterocycles. The van der Waals surface area contributed by atoms with Crippen LogP contribution < -0.4 is 4.90 Å². The maximum Gasteiger partial charge on any atom is 0.261 e. The van der Waals surface area contributed by atoms with E-state index >= 15 is 0 Å². The lowest BCUT2D eigenvalue weighted by atomic mass is 10.1. The fraction of sp³-hybridized carbons (Fsp3) is 0.0526. The molecule has 4 heteroatoms. The van der Waals surface area contributed by atoms with Gasteiger partial charge in [-0.25, -0.2) is 4.99 Å². The molecule has 3 aromatic rings. The van der Waals surface area contributed by atoms with E-state index in [9.17, 15) is 4.79 Å². The Kier molecular flexibility index (Phi) is 3.27. The van der Waals surface area contributed by atoms with E-state index < -0.39 is 6.04 Å². The molecule has 0 bridgehead atoms. The number of rotatable bonds is 2. The van der Waals surface area contributed by atoms with Crippen LogP contribution in [0.15, 0.2) is 71.7 Å². The smallest absolute Gasteiger partial charge is 0.261 e. The Labute approximate surface area is 138 Å². The Bertz CT molecular complexity index is 976. The van der Waals surface area contributed by atoms with Gasteiger partial charge in [0.25, 0.3) is 5.91 Å². The highest BCUT2D eigenvalue weighted by atomic mass is 32.1. The monoisotopic (exact) mass is 316 g/mol. The zero-order valence-corrected chi connectivity index (χ0v) is 13.0. The van der Waals surface area contributed by atoms with E-state index in [1.54, 1.807) is 4.90 Å². The van der Waals surface area contributed by atoms with Gasteiger partial charge in [-0.3, -0.25) is 9.69 Å². The number of fused-ring (bicyclic) bond motifs is 2. The summed E-state index contributed by atoms with van der Waals surface area (Å²) in [5, 5.41) is 4.58. The quantitative estimate of drug-likeness (QED) is 0.509. The summed E-state index contributed by atoms with van der Waals surface area (Å²) in [6, 6.07) is 21.2. The molecule has 1 unspecified atom stereocenters. The van der Waals surface area contributed by atoms with Crippen molar-refractivity contribution in [2.24, 2.45) is 4.99 Å². The number of isothiocyanates is 1. The van der Waals surface area contributed by atoms with Crippen LogP contribution in [0.2, 0.25) is 0 Å². The Morgan fingerprint density at radius 2 is 1.70 bits per heavy atom. The summed E-state index contributed by atoms with van der Waals surface area (Å²) in [4.78, 5) is 18.6. The number of carbonyl (C=O) groups excluding carboxylic acids is 1. The van der Waals surface area contributed by atoms with Gasteiger partial charge >= 0.3 is 0 Å². The molecule has 1 amide bonds. The summed E-state index contributed by atoms with van der Waals surface area (Å²) >= 11 is 4.70. The van der Waals surface area contributed by atoms with Gasteiger partial charge in [-0.15, -0.1) is 0 Å². The highest BCUT2D eigenvalue weighted by molar-refractivity contribution is 7.78. The van der Waals surface area contributed by atoms with Gasteiger partial charge in [-0.05, 0) is 41.2 Å². The van der Waals surface area contributed by atoms with E-state index in [1.807, 2.05) is 60.7 Å². The van der Waals surface area contributed by atoms with Gasteiger partial charge in [0.2, 0.25) is 0 Å². The molecule has 4 rings (SSSR count). The van der Waals surface area contributed by atoms with Crippen LogP contribution in [0.1, 0.15) is 11.6 Å². The SMILES string of the molecule is O=C1C(N=C=S)c2ccccc2N1c1ccc2ccccc2c1. The van der Waals surface area contributed by atoms with Crippen LogP contribution in [-0.4, -0.2) is 11.1 Å². The van der Waals surface area contributed by atoms with Crippen molar-refractivity contribution < 1.29 is 4.79 Å². The lowest BCUT2D eigenvalue weighted by molar-refractivity contribution is -0.118. The second kappa shape index (κ2) is 5.43. The highest BCUT2D eigenvalue weighted by Gasteiger charge is 2.37. The van der Waals surface area contributed by atoms with Gasteiger partial charge in [-0.1, -0.05) is 48.5 Å². The Morgan fingerprint density at radius 3 is 2.52 bits per heavy atom. The van der Waals surface area contributed by atoms with Gasteiger partial charge in [0, 0.05) is 11.3 Å². The summed E-state index contributed by atoms with van der Waals surface area (Å²) in [5.74, 6) is -0.0983. The van der Waals surface area contributed by atoms with E-state index in [2.05, 4.69) is 16.2 Å². The van der Waals surface area contributed by atoms with Crippen LogP contribution in [0.3, 0.4) is 0 Å². The molecule has 0 saturated carbocycles. The Morgan fingerprint density at radius 1 is 0.957 bits per heavy atom. The number of nitrogens with zero attached hydrogens (tertiary/aromatic N) is 2. The van der Waals surface area contributed by atoms with Crippen LogP contribution >= 0.6 is 12.2 Å². The summed E-state index contributed by atoms with van der Waals surface area (Å²) in [6.07, 6.45) is 0. The van der Waals surface area contributed by atoms with E-state index in [0.29, 0.717) is 0 Å². The topological polar surface area (TPSA) is 32.7 Å². The van der Waals surface area contributed by atoms with Gasteiger partial charge < -0.3 is 0 Å². The van der Waals surface area contributed by atoms with Crippen molar-refractivity contribution in [3.8, 4) is 0 Å². The summed E-state index contributed by atoms with van der Waals surface area (Å²) < 4.78 is 0. The van der Waals surface area contributed by atoms with E-state index in [0.717, 1.165) is 27.7 Å². The molecule has 0 N–H and O–H groups in total. The third-order valence-corrected chi connectivity index (χ3v) is 4.21. The first-order chi connectivity index (χ1) is 11.3. The van der Waals surface area contributed by atoms with Crippen LogP contribution in [-0.2, 0) is 4.79 Å². The van der Waals surface area contributed by atoms with Crippen molar-refractivity contribution in [3.05, 3.63) is 72.3 Å². The number of hydrogen-bond donors (Lipinski definition) is 0. The van der Waals surface area contributed by atoms with Crippen molar-refractivity contribution in [3.63, 3.8) is 0 Å². The normalized spacial score (nSPS) is 16.3. The maximum absolute atomic E-state index is 12.8. The Balaban J connectivity index is 1.90. The third-order valence-electron chi connectivity index (χ3n) is 4.10. The minimum Gasteiger partial charge on any atom is -0.278 e. The summed E-state index contributed by atoms with van der Waals surface area (Å²) in [6.45, 7) is 0. The second-order valence-corrected chi connectivity index (χ2v) is 5.57. The van der Waals surface area contributed by atoms with E-state index in [4.69, 9.17) is 12.2 Å². The summed E-state index contributed by atoms with van der Waals surface area (Å²) in [5.41, 5.74) is 2.55. The van der Waals surface area contributed by atoms with Crippen LogP contribution in [0.5, 0.6) is 0 Å². The first-order valence-corrected chi connectivity index (χ1v) is 7.69. The summed E-state index contributed by atoms with van der Waals surface area (Å²) in [7, 11) is 0. The fourth-order valence-corrected chi connectivity index (χ4v) is 3.16. The molecule has 23 heavy (non-hydrogen) atoms. The maximum atomic E-state index is 12.8. The van der Waals surface area contributed by atoms with Crippen molar-refractivity contribution in [1.29, 1.82) is 0 Å². The zero-order valence-electron chi connectivity index (χ0n) is 12.1. The average Bonchev–Trinajstić information content (AvgIpc) is 2.87. The molecule has 3 aromatic carbocycles. The van der Waals surface area contributed by atoms with Crippen molar-refractivity contribution in [2.45, 2.75) is 6.04 Å². The number of anilines is 2. The van der Waals surface area contributed by atoms with Gasteiger partial charge in [0.15, 0.2) is 6.04 Å². The van der Waals surface area contributed by atoms with Crippen LogP contribution in [0.4, 0.5) is 11.4 Å². The number of amides is 1. The second-order valence-electron chi connectivity index (χ2n) is 5.39. The van der Waals surface area contributed by atoms with Crippen LogP contribution in [0.25, 0.3) is 10.8 Å². The molecule has 0 aliphatic carbocycles. The molecule has 0 radical (unpaired) electrons. The molecular weight excluding hydrogens is 304 g/mol. The molecule has 1 aliphatic rings. The van der Waals surface area contributed by atoms with Crippen molar-refractivity contribution >= 4 is 45.4 Å². The lowest BCUT2D eigenvalue weighted by Gasteiger charge is -2.18. The number of hydrogen-bond acceptors (Lipinski definition) is 3. The molecule has 3 nitrogen and oxygen atoms in total. The molecule has 110 valence electrons. The zero-order chi connectivity index (χ0) is 15.8. The van der Waals surface area contributed by atoms with Crippen LogP contribution in [0, 0.1) is 0 Å². The molecular formula is C19H12N2OS. The predicted molar refractivity (Wildman–Crippen MR) is 95.3 cm³/mol. The molecule has 0 aromatic heterocycles. The minimum absolute atomic E-state index is 0.0983. The van der Waals surface area contributed by atoms with Crippen molar-refractivity contribution in [1.82, 2.24) is 0 Å². The number of benzene rings is 3.